The quantitative estimate of drug-likeness (QED) is 0.562. The van der Waals surface area contributed by atoms with E-state index < -0.39 is 12.5 Å². The summed E-state index contributed by atoms with van der Waals surface area (Å²) < 4.78 is 33.5. The summed E-state index contributed by atoms with van der Waals surface area (Å²) in [6, 6.07) is 0. The molecule has 1 rings (SSSR count). The van der Waals surface area contributed by atoms with Crippen LogP contribution in [0.25, 0.3) is 0 Å². The van der Waals surface area contributed by atoms with Crippen molar-refractivity contribution in [3.63, 3.8) is 0 Å². The van der Waals surface area contributed by atoms with E-state index in [4.69, 9.17) is 4.74 Å². The van der Waals surface area contributed by atoms with Crippen LogP contribution < -0.4 is 0 Å². The highest BCUT2D eigenvalue weighted by Crippen LogP contribution is 2.14. The molecule has 0 bridgehead atoms. The van der Waals surface area contributed by atoms with Gasteiger partial charge in [-0.3, -0.25) is 0 Å². The molecule has 0 aromatic carbocycles. The SMILES string of the molecule is CC(F)(F)COCC1CO1. The fourth-order valence-electron chi connectivity index (χ4n) is 0.534. The minimum atomic E-state index is -2.71. The monoisotopic (exact) mass is 152 g/mol. The number of halogens is 2. The molecule has 1 fully saturated rings. The zero-order valence-corrected chi connectivity index (χ0v) is 5.77. The maximum atomic E-state index is 12.0. The van der Waals surface area contributed by atoms with E-state index in [2.05, 4.69) is 4.74 Å². The second-order valence-corrected chi connectivity index (χ2v) is 2.54. The van der Waals surface area contributed by atoms with E-state index in [1.54, 1.807) is 0 Å². The summed E-state index contributed by atoms with van der Waals surface area (Å²) in [5, 5.41) is 0. The van der Waals surface area contributed by atoms with Crippen LogP contribution in [0.2, 0.25) is 0 Å². The van der Waals surface area contributed by atoms with Crippen molar-refractivity contribution in [1.29, 1.82) is 0 Å². The molecule has 0 spiro atoms. The first kappa shape index (κ1) is 7.88. The highest BCUT2D eigenvalue weighted by atomic mass is 19.3. The van der Waals surface area contributed by atoms with Crippen LogP contribution in [0.3, 0.4) is 0 Å². The van der Waals surface area contributed by atoms with Crippen LogP contribution in [-0.4, -0.2) is 31.8 Å². The molecule has 1 heterocycles. The molecule has 0 aromatic rings. The fraction of sp³-hybridized carbons (Fsp3) is 1.00. The molecular formula is C6H10F2O2. The van der Waals surface area contributed by atoms with Crippen LogP contribution in [0.5, 0.6) is 0 Å². The van der Waals surface area contributed by atoms with E-state index in [-0.39, 0.29) is 6.10 Å². The van der Waals surface area contributed by atoms with Crippen molar-refractivity contribution in [1.82, 2.24) is 0 Å². The largest absolute Gasteiger partial charge is 0.372 e. The second-order valence-electron chi connectivity index (χ2n) is 2.54. The van der Waals surface area contributed by atoms with Crippen molar-refractivity contribution < 1.29 is 18.3 Å². The third kappa shape index (κ3) is 3.74. The average Bonchev–Trinajstić information content (AvgIpc) is 2.45. The Kier molecular flexibility index (Phi) is 2.21. The Morgan fingerprint density at radius 1 is 1.70 bits per heavy atom. The molecule has 1 atom stereocenters. The fourth-order valence-corrected chi connectivity index (χ4v) is 0.534. The lowest BCUT2D eigenvalue weighted by molar-refractivity contribution is -0.0646. The Morgan fingerprint density at radius 2 is 2.30 bits per heavy atom. The maximum absolute atomic E-state index is 12.0. The van der Waals surface area contributed by atoms with E-state index >= 15 is 0 Å². The summed E-state index contributed by atoms with van der Waals surface area (Å²) in [4.78, 5) is 0. The summed E-state index contributed by atoms with van der Waals surface area (Å²) >= 11 is 0. The van der Waals surface area contributed by atoms with Crippen LogP contribution in [0, 0.1) is 0 Å². The van der Waals surface area contributed by atoms with Crippen molar-refractivity contribution in [3.05, 3.63) is 0 Å². The lowest BCUT2D eigenvalue weighted by Gasteiger charge is -2.08. The van der Waals surface area contributed by atoms with Gasteiger partial charge in [-0.05, 0) is 0 Å². The molecule has 0 radical (unpaired) electrons. The third-order valence-corrected chi connectivity index (χ3v) is 1.06. The van der Waals surface area contributed by atoms with E-state index in [1.807, 2.05) is 0 Å². The molecule has 1 aliphatic rings. The molecule has 0 aromatic heterocycles. The lowest BCUT2D eigenvalue weighted by atomic mass is 10.4. The van der Waals surface area contributed by atoms with Gasteiger partial charge in [-0.1, -0.05) is 0 Å². The van der Waals surface area contributed by atoms with Crippen LogP contribution in [0.4, 0.5) is 8.78 Å². The van der Waals surface area contributed by atoms with E-state index in [0.29, 0.717) is 13.2 Å². The van der Waals surface area contributed by atoms with Gasteiger partial charge < -0.3 is 9.47 Å². The van der Waals surface area contributed by atoms with Gasteiger partial charge in [0.2, 0.25) is 0 Å². The molecule has 0 amide bonds. The van der Waals surface area contributed by atoms with Gasteiger partial charge in [0.05, 0.1) is 13.2 Å². The Bertz CT molecular complexity index is 107. The Balaban J connectivity index is 1.93. The van der Waals surface area contributed by atoms with E-state index in [0.717, 1.165) is 6.92 Å². The Labute approximate surface area is 58.1 Å². The number of hydrogen-bond acceptors (Lipinski definition) is 2. The zero-order valence-electron chi connectivity index (χ0n) is 5.77. The Morgan fingerprint density at radius 3 is 2.70 bits per heavy atom. The molecule has 0 aliphatic carbocycles. The molecule has 1 unspecified atom stereocenters. The average molecular weight is 152 g/mol. The minimum absolute atomic E-state index is 0.0716. The van der Waals surface area contributed by atoms with Crippen molar-refractivity contribution in [3.8, 4) is 0 Å². The maximum Gasteiger partial charge on any atom is 0.268 e. The first-order valence-corrected chi connectivity index (χ1v) is 3.15. The molecule has 1 aliphatic heterocycles. The van der Waals surface area contributed by atoms with Gasteiger partial charge in [-0.25, -0.2) is 8.78 Å². The molecule has 0 N–H and O–H groups in total. The van der Waals surface area contributed by atoms with E-state index in [1.165, 1.54) is 0 Å². The minimum Gasteiger partial charge on any atom is -0.372 e. The van der Waals surface area contributed by atoms with Gasteiger partial charge >= 0.3 is 0 Å². The van der Waals surface area contributed by atoms with Crippen LogP contribution in [-0.2, 0) is 9.47 Å². The van der Waals surface area contributed by atoms with Gasteiger partial charge in [0.1, 0.15) is 12.7 Å². The molecule has 0 saturated carbocycles. The number of hydrogen-bond donors (Lipinski definition) is 0. The normalized spacial score (nSPS) is 24.9. The lowest BCUT2D eigenvalue weighted by Crippen LogP contribution is -2.20. The van der Waals surface area contributed by atoms with Gasteiger partial charge in [0, 0.05) is 6.92 Å². The molecule has 1 saturated heterocycles. The van der Waals surface area contributed by atoms with Gasteiger partial charge in [0.15, 0.2) is 0 Å². The van der Waals surface area contributed by atoms with Crippen molar-refractivity contribution in [2.75, 3.05) is 19.8 Å². The second kappa shape index (κ2) is 2.80. The highest BCUT2D eigenvalue weighted by Gasteiger charge is 2.26. The van der Waals surface area contributed by atoms with E-state index in [9.17, 15) is 8.78 Å². The standard InChI is InChI=1S/C6H10F2O2/c1-6(7,8)4-9-2-5-3-10-5/h5H,2-4H2,1H3. The molecule has 4 heteroatoms. The molecular weight excluding hydrogens is 142 g/mol. The van der Waals surface area contributed by atoms with Crippen molar-refractivity contribution >= 4 is 0 Å². The van der Waals surface area contributed by atoms with Crippen molar-refractivity contribution in [2.45, 2.75) is 19.0 Å². The van der Waals surface area contributed by atoms with Crippen LogP contribution >= 0.6 is 0 Å². The van der Waals surface area contributed by atoms with Gasteiger partial charge in [0.25, 0.3) is 5.92 Å². The summed E-state index contributed by atoms with van der Waals surface area (Å²) in [5.74, 6) is -2.71. The van der Waals surface area contributed by atoms with Gasteiger partial charge in [-0.15, -0.1) is 0 Å². The molecule has 60 valence electrons. The number of ether oxygens (including phenoxy) is 2. The predicted octanol–water partition coefficient (Wildman–Crippen LogP) is 1.06. The predicted molar refractivity (Wildman–Crippen MR) is 31.2 cm³/mol. The number of epoxide rings is 1. The molecule has 2 nitrogen and oxygen atoms in total. The third-order valence-electron chi connectivity index (χ3n) is 1.06. The number of alkyl halides is 2. The first-order chi connectivity index (χ1) is 4.58. The van der Waals surface area contributed by atoms with Crippen LogP contribution in [0.1, 0.15) is 6.92 Å². The highest BCUT2D eigenvalue weighted by molar-refractivity contribution is 4.68. The zero-order chi connectivity index (χ0) is 7.61. The first-order valence-electron chi connectivity index (χ1n) is 3.15. The van der Waals surface area contributed by atoms with Crippen molar-refractivity contribution in [2.24, 2.45) is 0 Å². The summed E-state index contributed by atoms with van der Waals surface area (Å²) in [5.41, 5.74) is 0. The molecule has 10 heavy (non-hydrogen) atoms. The smallest absolute Gasteiger partial charge is 0.268 e. The van der Waals surface area contributed by atoms with Crippen LogP contribution in [0.15, 0.2) is 0 Å². The van der Waals surface area contributed by atoms with Gasteiger partial charge in [-0.2, -0.15) is 0 Å². The topological polar surface area (TPSA) is 21.8 Å². The number of rotatable bonds is 4. The summed E-state index contributed by atoms with van der Waals surface area (Å²) in [7, 11) is 0. The Hall–Kier alpha value is -0.220. The summed E-state index contributed by atoms with van der Waals surface area (Å²) in [6.07, 6.45) is 0.0716. The summed E-state index contributed by atoms with van der Waals surface area (Å²) in [6.45, 7) is 1.27.